The SMILES string of the molecule is CC(C)[C@H](NC(=O)COc1cccc2ccccc12)C(=O)N[C@@H](CC(=O)O)C(=O)COc1ccc(Oc2ccc(C(F)(F)F)cc2)cc1. The van der Waals surface area contributed by atoms with Crippen molar-refractivity contribution in [2.75, 3.05) is 13.2 Å². The topological polar surface area (TPSA) is 140 Å². The Morgan fingerprint density at radius 1 is 0.750 bits per heavy atom. The fourth-order valence-corrected chi connectivity index (χ4v) is 4.60. The number of carbonyl (C=O) groups is 4. The van der Waals surface area contributed by atoms with Crippen molar-refractivity contribution in [3.8, 4) is 23.0 Å². The largest absolute Gasteiger partial charge is 0.486 e. The number of nitrogens with one attached hydrogen (secondary N) is 2. The fraction of sp³-hybridized carbons (Fsp3) is 0.257. The van der Waals surface area contributed by atoms with Crippen LogP contribution in [0.15, 0.2) is 91.0 Å². The maximum absolute atomic E-state index is 13.2. The average molecular weight is 667 g/mol. The third-order valence-corrected chi connectivity index (χ3v) is 7.08. The number of rotatable bonds is 15. The minimum atomic E-state index is -4.47. The Hall–Kier alpha value is -5.59. The number of halogens is 3. The minimum Gasteiger partial charge on any atom is -0.486 e. The van der Waals surface area contributed by atoms with Crippen LogP contribution < -0.4 is 24.8 Å². The molecular weight excluding hydrogens is 633 g/mol. The van der Waals surface area contributed by atoms with Crippen LogP contribution in [-0.4, -0.2) is 54.0 Å². The maximum atomic E-state index is 13.2. The predicted molar refractivity (Wildman–Crippen MR) is 169 cm³/mol. The number of carboxylic acids is 1. The molecule has 48 heavy (non-hydrogen) atoms. The molecule has 0 saturated heterocycles. The standard InChI is InChI=1S/C35H33F3N2O8/c1-21(2)33(40-31(42)20-47-30-9-5-7-22-6-3-4-8-27(22)30)34(45)39-28(18-32(43)44)29(41)19-46-24-14-16-26(17-15-24)48-25-12-10-23(11-13-25)35(36,37)38/h3-17,21,28,33H,18-20H2,1-2H3,(H,39,45)(H,40,42)(H,43,44)/t28-,33-/m0/s1. The molecule has 0 aliphatic carbocycles. The van der Waals surface area contributed by atoms with Gasteiger partial charge in [0.15, 0.2) is 12.4 Å². The second-order valence-corrected chi connectivity index (χ2v) is 11.1. The molecule has 0 unspecified atom stereocenters. The Balaban J connectivity index is 1.31. The lowest BCUT2D eigenvalue weighted by Gasteiger charge is -2.24. The van der Waals surface area contributed by atoms with Gasteiger partial charge < -0.3 is 30.0 Å². The van der Waals surface area contributed by atoms with Gasteiger partial charge in [0.05, 0.1) is 12.0 Å². The molecule has 0 heterocycles. The molecule has 252 valence electrons. The molecule has 10 nitrogen and oxygen atoms in total. The molecule has 0 saturated carbocycles. The minimum absolute atomic E-state index is 0.173. The highest BCUT2D eigenvalue weighted by Crippen LogP contribution is 2.32. The van der Waals surface area contributed by atoms with E-state index in [4.69, 9.17) is 14.2 Å². The van der Waals surface area contributed by atoms with Crippen LogP contribution in [0.3, 0.4) is 0 Å². The van der Waals surface area contributed by atoms with Gasteiger partial charge in [-0.1, -0.05) is 50.2 Å². The van der Waals surface area contributed by atoms with Crippen molar-refractivity contribution in [3.05, 3.63) is 96.6 Å². The first kappa shape index (κ1) is 35.3. The van der Waals surface area contributed by atoms with Crippen LogP contribution in [0, 0.1) is 5.92 Å². The summed E-state index contributed by atoms with van der Waals surface area (Å²) < 4.78 is 55.0. The Bertz CT molecular complexity index is 1740. The number of benzene rings is 4. The number of Topliss-reactive ketones (excluding diaryl/α,β-unsaturated/α-hetero) is 1. The molecule has 0 bridgehead atoms. The van der Waals surface area contributed by atoms with Gasteiger partial charge in [0, 0.05) is 5.39 Å². The van der Waals surface area contributed by atoms with E-state index in [0.29, 0.717) is 5.75 Å². The summed E-state index contributed by atoms with van der Waals surface area (Å²) in [4.78, 5) is 50.4. The van der Waals surface area contributed by atoms with Crippen molar-refractivity contribution in [3.63, 3.8) is 0 Å². The summed E-state index contributed by atoms with van der Waals surface area (Å²) in [6.45, 7) is 2.38. The van der Waals surface area contributed by atoms with Crippen LogP contribution in [0.5, 0.6) is 23.0 Å². The van der Waals surface area contributed by atoms with Crippen molar-refractivity contribution in [1.29, 1.82) is 0 Å². The molecule has 0 aliphatic heterocycles. The highest BCUT2D eigenvalue weighted by atomic mass is 19.4. The van der Waals surface area contributed by atoms with Crippen molar-refractivity contribution in [2.24, 2.45) is 5.92 Å². The lowest BCUT2D eigenvalue weighted by atomic mass is 10.0. The highest BCUT2D eigenvalue weighted by molar-refractivity contribution is 5.95. The van der Waals surface area contributed by atoms with Crippen LogP contribution in [-0.2, 0) is 25.4 Å². The summed E-state index contributed by atoms with van der Waals surface area (Å²) in [6, 6.07) is 20.3. The quantitative estimate of drug-likeness (QED) is 0.145. The first-order chi connectivity index (χ1) is 22.8. The van der Waals surface area contributed by atoms with E-state index in [9.17, 15) is 37.5 Å². The molecule has 2 amide bonds. The summed E-state index contributed by atoms with van der Waals surface area (Å²) in [7, 11) is 0. The number of fused-ring (bicyclic) bond motifs is 1. The van der Waals surface area contributed by atoms with Crippen LogP contribution >= 0.6 is 0 Å². The van der Waals surface area contributed by atoms with E-state index in [0.717, 1.165) is 22.9 Å². The van der Waals surface area contributed by atoms with Gasteiger partial charge in [0.2, 0.25) is 5.91 Å². The molecule has 0 aliphatic rings. The van der Waals surface area contributed by atoms with Gasteiger partial charge >= 0.3 is 12.1 Å². The average Bonchev–Trinajstić information content (AvgIpc) is 3.05. The van der Waals surface area contributed by atoms with Crippen molar-refractivity contribution in [1.82, 2.24) is 10.6 Å². The normalized spacial score (nSPS) is 12.5. The molecule has 0 radical (unpaired) electrons. The van der Waals surface area contributed by atoms with Crippen LogP contribution in [0.25, 0.3) is 10.8 Å². The van der Waals surface area contributed by atoms with E-state index < -0.39 is 66.3 Å². The molecule has 4 rings (SSSR count). The van der Waals surface area contributed by atoms with Gasteiger partial charge in [0.25, 0.3) is 5.91 Å². The lowest BCUT2D eigenvalue weighted by Crippen LogP contribution is -2.55. The maximum Gasteiger partial charge on any atom is 0.416 e. The molecule has 0 fully saturated rings. The molecule has 3 N–H and O–H groups in total. The molecule has 2 atom stereocenters. The van der Waals surface area contributed by atoms with Crippen molar-refractivity contribution in [2.45, 2.75) is 38.5 Å². The molecule has 4 aromatic carbocycles. The van der Waals surface area contributed by atoms with Gasteiger partial charge in [-0.3, -0.25) is 19.2 Å². The third-order valence-electron chi connectivity index (χ3n) is 7.08. The predicted octanol–water partition coefficient (Wildman–Crippen LogP) is 5.78. The van der Waals surface area contributed by atoms with Crippen molar-refractivity contribution < 1.29 is 51.7 Å². The number of carbonyl (C=O) groups excluding carboxylic acids is 3. The van der Waals surface area contributed by atoms with E-state index in [1.807, 2.05) is 30.3 Å². The van der Waals surface area contributed by atoms with Gasteiger partial charge in [-0.25, -0.2) is 0 Å². The molecular formula is C35H33F3N2O8. The van der Waals surface area contributed by atoms with Gasteiger partial charge in [0.1, 0.15) is 41.7 Å². The highest BCUT2D eigenvalue weighted by Gasteiger charge is 2.31. The van der Waals surface area contributed by atoms with Crippen LogP contribution in [0.4, 0.5) is 13.2 Å². The molecule has 0 spiro atoms. The number of carboxylic acid groups (broad SMARTS) is 1. The summed E-state index contributed by atoms with van der Waals surface area (Å²) >= 11 is 0. The zero-order valence-corrected chi connectivity index (χ0v) is 26.0. The smallest absolute Gasteiger partial charge is 0.416 e. The summed E-state index contributed by atoms with van der Waals surface area (Å²) in [5, 5.41) is 16.1. The van der Waals surface area contributed by atoms with E-state index in [1.165, 1.54) is 36.4 Å². The zero-order chi connectivity index (χ0) is 34.8. The number of amides is 2. The summed E-state index contributed by atoms with van der Waals surface area (Å²) in [5.74, 6) is -2.69. The van der Waals surface area contributed by atoms with E-state index in [-0.39, 0.29) is 23.9 Å². The Kier molecular flexibility index (Phi) is 11.6. The third kappa shape index (κ3) is 9.95. The van der Waals surface area contributed by atoms with Gasteiger partial charge in [-0.2, -0.15) is 13.2 Å². The van der Waals surface area contributed by atoms with Crippen LogP contribution in [0.2, 0.25) is 0 Å². The lowest BCUT2D eigenvalue weighted by molar-refractivity contribution is -0.141. The number of hydrogen-bond donors (Lipinski definition) is 3. The number of aliphatic carboxylic acids is 1. The second kappa shape index (κ2) is 15.8. The number of hydrogen-bond acceptors (Lipinski definition) is 7. The number of alkyl halides is 3. The van der Waals surface area contributed by atoms with E-state index in [2.05, 4.69) is 10.6 Å². The monoisotopic (exact) mass is 666 g/mol. The van der Waals surface area contributed by atoms with Crippen molar-refractivity contribution >= 4 is 34.3 Å². The summed E-state index contributed by atoms with van der Waals surface area (Å²) in [6.07, 6.45) is -5.20. The zero-order valence-electron chi connectivity index (χ0n) is 26.0. The molecule has 13 heteroatoms. The first-order valence-corrected chi connectivity index (χ1v) is 14.8. The second-order valence-electron chi connectivity index (χ2n) is 11.1. The molecule has 0 aromatic heterocycles. The van der Waals surface area contributed by atoms with E-state index >= 15 is 0 Å². The van der Waals surface area contributed by atoms with E-state index in [1.54, 1.807) is 26.0 Å². The first-order valence-electron chi connectivity index (χ1n) is 14.8. The summed E-state index contributed by atoms with van der Waals surface area (Å²) in [5.41, 5.74) is -0.813. The Morgan fingerprint density at radius 3 is 1.98 bits per heavy atom. The molecule has 4 aromatic rings. The Morgan fingerprint density at radius 2 is 1.35 bits per heavy atom. The fourth-order valence-electron chi connectivity index (χ4n) is 4.60. The number of ether oxygens (including phenoxy) is 3. The number of ketones is 1. The van der Waals surface area contributed by atoms with Gasteiger partial charge in [-0.15, -0.1) is 0 Å². The van der Waals surface area contributed by atoms with Gasteiger partial charge in [-0.05, 0) is 65.9 Å². The Labute approximate surface area is 273 Å². The van der Waals surface area contributed by atoms with Crippen LogP contribution in [0.1, 0.15) is 25.8 Å².